The number of ether oxygens (including phenoxy) is 2. The van der Waals surface area contributed by atoms with Gasteiger partial charge in [-0.15, -0.1) is 0 Å². The van der Waals surface area contributed by atoms with Gasteiger partial charge in [-0.2, -0.15) is 0 Å². The van der Waals surface area contributed by atoms with Gasteiger partial charge in [-0.3, -0.25) is 9.59 Å². The summed E-state index contributed by atoms with van der Waals surface area (Å²) < 4.78 is 11.3. The van der Waals surface area contributed by atoms with Gasteiger partial charge in [0.2, 0.25) is 11.8 Å². The molecule has 0 N–H and O–H groups in total. The number of carbonyl (C=O) groups excluding carboxylic acids is 2. The first-order valence-corrected chi connectivity index (χ1v) is 11.3. The van der Waals surface area contributed by atoms with E-state index in [0.29, 0.717) is 21.5 Å². The summed E-state index contributed by atoms with van der Waals surface area (Å²) in [5.41, 5.74) is 0.436. The monoisotopic (exact) mass is 438 g/mol. The highest BCUT2D eigenvalue weighted by molar-refractivity contribution is 8.23. The number of thiocarbonyl (C=S) groups is 1. The number of rotatable bonds is 10. The molecule has 0 bridgehead atoms. The van der Waals surface area contributed by atoms with Crippen LogP contribution in [0.5, 0.6) is 11.5 Å². The van der Waals surface area contributed by atoms with Crippen LogP contribution in [0.25, 0.3) is 0 Å². The molecule has 0 spiro atoms. The lowest BCUT2D eigenvalue weighted by molar-refractivity contribution is -0.121. The van der Waals surface area contributed by atoms with Crippen LogP contribution >= 0.6 is 24.0 Å². The van der Waals surface area contributed by atoms with Gasteiger partial charge < -0.3 is 14.4 Å². The smallest absolute Gasteiger partial charge is 0.247 e. The normalized spacial score (nSPS) is 16.3. The van der Waals surface area contributed by atoms with Gasteiger partial charge in [-0.05, 0) is 25.0 Å². The lowest BCUT2D eigenvalue weighted by Gasteiger charge is -2.25. The van der Waals surface area contributed by atoms with Gasteiger partial charge in [0.1, 0.15) is 21.1 Å². The van der Waals surface area contributed by atoms with Crippen molar-refractivity contribution < 1.29 is 19.1 Å². The molecule has 1 aromatic rings. The van der Waals surface area contributed by atoms with Crippen molar-refractivity contribution >= 4 is 45.8 Å². The topological polar surface area (TPSA) is 59.1 Å². The van der Waals surface area contributed by atoms with Gasteiger partial charge in [0, 0.05) is 25.6 Å². The van der Waals surface area contributed by atoms with E-state index in [4.69, 9.17) is 21.7 Å². The number of amides is 2. The van der Waals surface area contributed by atoms with E-state index in [1.807, 2.05) is 0 Å². The largest absolute Gasteiger partial charge is 0.497 e. The Morgan fingerprint density at radius 3 is 2.38 bits per heavy atom. The minimum atomic E-state index is -0.507. The third-order valence-corrected chi connectivity index (χ3v) is 6.46. The molecule has 1 aliphatic rings. The van der Waals surface area contributed by atoms with Crippen LogP contribution in [0.4, 0.5) is 5.69 Å². The van der Waals surface area contributed by atoms with Gasteiger partial charge in [0.15, 0.2) is 0 Å². The molecule has 29 heavy (non-hydrogen) atoms. The number of nitrogens with zero attached hydrogens (tertiary/aromatic N) is 2. The molecule has 2 rings (SSSR count). The van der Waals surface area contributed by atoms with Crippen LogP contribution in [0.3, 0.4) is 0 Å². The van der Waals surface area contributed by atoms with Crippen molar-refractivity contribution in [3.63, 3.8) is 0 Å². The summed E-state index contributed by atoms with van der Waals surface area (Å²) in [4.78, 5) is 29.1. The average molecular weight is 439 g/mol. The van der Waals surface area contributed by atoms with Gasteiger partial charge >= 0.3 is 0 Å². The molecule has 8 heteroatoms. The maximum Gasteiger partial charge on any atom is 0.247 e. The molecule has 0 saturated carbocycles. The molecule has 0 radical (unpaired) electrons. The standard InChI is InChI=1S/C21H30N2O4S2/c1-5-7-11-22(12-8-6-2)21(28)29-18-14-19(24)23(20(18)25)16-10-9-15(26-3)13-17(16)27-4/h9-10,13,18H,5-8,11-12,14H2,1-4H3. The number of benzene rings is 1. The molecular formula is C21H30N2O4S2. The highest BCUT2D eigenvalue weighted by Crippen LogP contribution is 2.38. The Kier molecular flexibility index (Phi) is 9.23. The molecule has 0 aliphatic carbocycles. The van der Waals surface area contributed by atoms with Crippen LogP contribution in [0.15, 0.2) is 18.2 Å². The fourth-order valence-corrected chi connectivity index (χ4v) is 4.65. The Morgan fingerprint density at radius 2 is 1.83 bits per heavy atom. The van der Waals surface area contributed by atoms with Gasteiger partial charge in [-0.1, -0.05) is 50.7 Å². The van der Waals surface area contributed by atoms with Crippen molar-refractivity contribution in [1.82, 2.24) is 4.90 Å². The van der Waals surface area contributed by atoms with Gasteiger partial charge in [-0.25, -0.2) is 4.90 Å². The third-order valence-electron chi connectivity index (χ3n) is 4.80. The maximum atomic E-state index is 13.0. The summed E-state index contributed by atoms with van der Waals surface area (Å²) in [6.45, 7) is 6.06. The van der Waals surface area contributed by atoms with Crippen molar-refractivity contribution in [2.24, 2.45) is 0 Å². The van der Waals surface area contributed by atoms with E-state index < -0.39 is 5.25 Å². The lowest BCUT2D eigenvalue weighted by Crippen LogP contribution is -2.34. The van der Waals surface area contributed by atoms with Crippen molar-refractivity contribution in [2.45, 2.75) is 51.2 Å². The maximum absolute atomic E-state index is 13.0. The number of thioether (sulfide) groups is 1. The highest BCUT2D eigenvalue weighted by atomic mass is 32.2. The van der Waals surface area contributed by atoms with E-state index in [0.717, 1.165) is 38.8 Å². The summed E-state index contributed by atoms with van der Waals surface area (Å²) in [6.07, 6.45) is 4.41. The fraction of sp³-hybridized carbons (Fsp3) is 0.571. The Hall–Kier alpha value is -1.80. The number of unbranched alkanes of at least 4 members (excludes halogenated alkanes) is 2. The molecule has 1 fully saturated rings. The van der Waals surface area contributed by atoms with Gasteiger partial charge in [0.25, 0.3) is 0 Å². The predicted octanol–water partition coefficient (Wildman–Crippen LogP) is 4.26. The first-order chi connectivity index (χ1) is 14.0. The van der Waals surface area contributed by atoms with E-state index in [2.05, 4.69) is 18.7 Å². The zero-order valence-electron chi connectivity index (χ0n) is 17.6. The Bertz CT molecular complexity index is 733. The summed E-state index contributed by atoms with van der Waals surface area (Å²) in [5, 5.41) is -0.507. The third kappa shape index (κ3) is 5.85. The number of imide groups is 1. The minimum Gasteiger partial charge on any atom is -0.497 e. The molecule has 0 aromatic heterocycles. The Labute approximate surface area is 182 Å². The molecule has 1 aliphatic heterocycles. The zero-order valence-corrected chi connectivity index (χ0v) is 19.2. The van der Waals surface area contributed by atoms with E-state index in [9.17, 15) is 9.59 Å². The van der Waals surface area contributed by atoms with E-state index in [1.54, 1.807) is 25.3 Å². The molecular weight excluding hydrogens is 408 g/mol. The Balaban J connectivity index is 2.14. The average Bonchev–Trinajstić information content (AvgIpc) is 3.00. The Morgan fingerprint density at radius 1 is 1.17 bits per heavy atom. The fourth-order valence-electron chi connectivity index (χ4n) is 3.11. The number of hydrogen-bond donors (Lipinski definition) is 0. The van der Waals surface area contributed by atoms with Crippen LogP contribution in [0.1, 0.15) is 46.0 Å². The number of hydrogen-bond acceptors (Lipinski definition) is 6. The van der Waals surface area contributed by atoms with Crippen LogP contribution in [-0.2, 0) is 9.59 Å². The lowest BCUT2D eigenvalue weighted by atomic mass is 10.2. The van der Waals surface area contributed by atoms with Crippen LogP contribution < -0.4 is 14.4 Å². The highest BCUT2D eigenvalue weighted by Gasteiger charge is 2.42. The molecule has 1 aromatic carbocycles. The van der Waals surface area contributed by atoms with Crippen LogP contribution in [-0.4, -0.2) is 53.6 Å². The zero-order chi connectivity index (χ0) is 21.4. The second-order valence-electron chi connectivity index (χ2n) is 6.88. The predicted molar refractivity (Wildman–Crippen MR) is 122 cm³/mol. The van der Waals surface area contributed by atoms with Crippen LogP contribution in [0.2, 0.25) is 0 Å². The first-order valence-electron chi connectivity index (χ1n) is 10.0. The summed E-state index contributed by atoms with van der Waals surface area (Å²) in [5.74, 6) is 0.523. The van der Waals surface area contributed by atoms with Crippen molar-refractivity contribution in [3.8, 4) is 11.5 Å². The quantitative estimate of drug-likeness (QED) is 0.400. The van der Waals surface area contributed by atoms with E-state index >= 15 is 0 Å². The summed E-state index contributed by atoms with van der Waals surface area (Å²) in [7, 11) is 3.06. The SMILES string of the molecule is CCCCN(CCCC)C(=S)SC1CC(=O)N(c2ccc(OC)cc2OC)C1=O. The molecule has 160 valence electrons. The van der Waals surface area contributed by atoms with Gasteiger partial charge in [0.05, 0.1) is 19.9 Å². The second kappa shape index (κ2) is 11.4. The van der Waals surface area contributed by atoms with E-state index in [-0.39, 0.29) is 18.2 Å². The molecule has 1 unspecified atom stereocenters. The summed E-state index contributed by atoms with van der Waals surface area (Å²) in [6, 6.07) is 5.05. The number of carbonyl (C=O) groups is 2. The molecule has 1 saturated heterocycles. The van der Waals surface area contributed by atoms with E-state index in [1.165, 1.54) is 23.8 Å². The molecule has 1 heterocycles. The molecule has 6 nitrogen and oxygen atoms in total. The number of anilines is 1. The summed E-state index contributed by atoms with van der Waals surface area (Å²) >= 11 is 6.96. The van der Waals surface area contributed by atoms with Crippen LogP contribution in [0, 0.1) is 0 Å². The second-order valence-corrected chi connectivity index (χ2v) is 8.71. The van der Waals surface area contributed by atoms with Crippen molar-refractivity contribution in [1.29, 1.82) is 0 Å². The first kappa shape index (κ1) is 23.5. The number of methoxy groups -OCH3 is 2. The van der Waals surface area contributed by atoms with Crippen molar-refractivity contribution in [3.05, 3.63) is 18.2 Å². The van der Waals surface area contributed by atoms with Crippen molar-refractivity contribution in [2.75, 3.05) is 32.2 Å². The molecule has 1 atom stereocenters. The molecule has 2 amide bonds. The minimum absolute atomic E-state index is 0.133.